The number of sulfonamides is 1. The van der Waals surface area contributed by atoms with Gasteiger partial charge in [0.15, 0.2) is 0 Å². The van der Waals surface area contributed by atoms with Gasteiger partial charge in [-0.3, -0.25) is 4.79 Å². The number of carbonyl (C=O) groups excluding carboxylic acids is 1. The standard InChI is InChI=1S/C25H25N3O3S/c1-18-9-10-22(17-19(18)2)24(20-7-4-3-5-8-20)28-25(29)21-11-13-23(14-12-21)32(30,31)27-16-6-15-26/h3-5,7-14,17,24,27H,6,16H2,1-2H3,(H,28,29)/t24-/m0/s1. The Morgan fingerprint density at radius 1 is 0.938 bits per heavy atom. The van der Waals surface area contributed by atoms with Crippen LogP contribution in [0.15, 0.2) is 77.7 Å². The van der Waals surface area contributed by atoms with Gasteiger partial charge in [-0.05, 0) is 60.4 Å². The number of benzene rings is 3. The molecule has 3 aromatic carbocycles. The van der Waals surface area contributed by atoms with Crippen molar-refractivity contribution in [1.82, 2.24) is 10.0 Å². The Morgan fingerprint density at radius 3 is 2.25 bits per heavy atom. The van der Waals surface area contributed by atoms with Gasteiger partial charge in [0.1, 0.15) is 0 Å². The summed E-state index contributed by atoms with van der Waals surface area (Å²) in [6.45, 7) is 4.11. The van der Waals surface area contributed by atoms with Crippen LogP contribution in [-0.2, 0) is 10.0 Å². The summed E-state index contributed by atoms with van der Waals surface area (Å²) in [7, 11) is -3.73. The summed E-state index contributed by atoms with van der Waals surface area (Å²) in [5.74, 6) is -0.307. The number of rotatable bonds is 8. The van der Waals surface area contributed by atoms with Crippen molar-refractivity contribution in [2.75, 3.05) is 6.54 Å². The highest BCUT2D eigenvalue weighted by Gasteiger charge is 2.19. The van der Waals surface area contributed by atoms with Crippen molar-refractivity contribution in [3.63, 3.8) is 0 Å². The average Bonchev–Trinajstić information content (AvgIpc) is 2.80. The molecule has 0 aliphatic carbocycles. The fourth-order valence-corrected chi connectivity index (χ4v) is 4.31. The molecule has 32 heavy (non-hydrogen) atoms. The van der Waals surface area contributed by atoms with Crippen molar-refractivity contribution >= 4 is 15.9 Å². The quantitative estimate of drug-likeness (QED) is 0.510. The van der Waals surface area contributed by atoms with Crippen molar-refractivity contribution < 1.29 is 13.2 Å². The Balaban J connectivity index is 1.83. The van der Waals surface area contributed by atoms with Gasteiger partial charge in [0.05, 0.1) is 17.0 Å². The molecule has 0 aliphatic heterocycles. The maximum absolute atomic E-state index is 13.0. The molecule has 1 atom stereocenters. The van der Waals surface area contributed by atoms with Gasteiger partial charge in [0.25, 0.3) is 5.91 Å². The third-order valence-corrected chi connectivity index (χ3v) is 6.71. The van der Waals surface area contributed by atoms with Crippen LogP contribution in [0.4, 0.5) is 0 Å². The molecule has 0 unspecified atom stereocenters. The molecule has 3 rings (SSSR count). The van der Waals surface area contributed by atoms with Gasteiger partial charge in [-0.15, -0.1) is 0 Å². The molecular weight excluding hydrogens is 422 g/mol. The van der Waals surface area contributed by atoms with Crippen LogP contribution in [0.5, 0.6) is 0 Å². The summed E-state index contributed by atoms with van der Waals surface area (Å²) >= 11 is 0. The second-order valence-corrected chi connectivity index (χ2v) is 9.26. The smallest absolute Gasteiger partial charge is 0.252 e. The first-order valence-electron chi connectivity index (χ1n) is 10.2. The average molecular weight is 448 g/mol. The van der Waals surface area contributed by atoms with E-state index in [1.54, 1.807) is 0 Å². The van der Waals surface area contributed by atoms with Crippen LogP contribution in [0, 0.1) is 25.2 Å². The number of nitriles is 1. The molecular formula is C25H25N3O3S. The van der Waals surface area contributed by atoms with Gasteiger partial charge >= 0.3 is 0 Å². The van der Waals surface area contributed by atoms with Crippen LogP contribution >= 0.6 is 0 Å². The summed E-state index contributed by atoms with van der Waals surface area (Å²) in [5, 5.41) is 11.6. The third-order valence-electron chi connectivity index (χ3n) is 5.23. The maximum Gasteiger partial charge on any atom is 0.252 e. The van der Waals surface area contributed by atoms with Crippen molar-refractivity contribution in [3.05, 3.63) is 101 Å². The summed E-state index contributed by atoms with van der Waals surface area (Å²) in [6, 6.07) is 23.1. The molecule has 2 N–H and O–H groups in total. The minimum atomic E-state index is -3.73. The molecule has 7 heteroatoms. The van der Waals surface area contributed by atoms with Gasteiger partial charge in [-0.1, -0.05) is 48.5 Å². The van der Waals surface area contributed by atoms with Crippen molar-refractivity contribution in [1.29, 1.82) is 5.26 Å². The van der Waals surface area contributed by atoms with E-state index in [2.05, 4.69) is 16.1 Å². The Kier molecular flexibility index (Phi) is 7.41. The fourth-order valence-electron chi connectivity index (χ4n) is 3.27. The van der Waals surface area contributed by atoms with E-state index in [1.165, 1.54) is 29.8 Å². The minimum Gasteiger partial charge on any atom is -0.341 e. The van der Waals surface area contributed by atoms with E-state index < -0.39 is 10.0 Å². The molecule has 0 radical (unpaired) electrons. The van der Waals surface area contributed by atoms with Crippen molar-refractivity contribution in [3.8, 4) is 6.07 Å². The van der Waals surface area contributed by atoms with E-state index in [0.717, 1.165) is 16.7 Å². The number of carbonyl (C=O) groups is 1. The van der Waals surface area contributed by atoms with Crippen LogP contribution in [-0.4, -0.2) is 20.9 Å². The molecule has 0 aliphatic rings. The van der Waals surface area contributed by atoms with Gasteiger partial charge in [0.2, 0.25) is 10.0 Å². The van der Waals surface area contributed by atoms with E-state index in [9.17, 15) is 13.2 Å². The summed E-state index contributed by atoms with van der Waals surface area (Å²) in [4.78, 5) is 13.1. The second kappa shape index (κ2) is 10.2. The van der Waals surface area contributed by atoms with E-state index in [4.69, 9.17) is 5.26 Å². The van der Waals surface area contributed by atoms with Crippen LogP contribution in [0.1, 0.15) is 45.1 Å². The lowest BCUT2D eigenvalue weighted by atomic mass is 9.95. The highest BCUT2D eigenvalue weighted by atomic mass is 32.2. The molecule has 1 amide bonds. The number of amides is 1. The summed E-state index contributed by atoms with van der Waals surface area (Å²) < 4.78 is 26.9. The van der Waals surface area contributed by atoms with E-state index in [1.807, 2.05) is 62.4 Å². The largest absolute Gasteiger partial charge is 0.341 e. The van der Waals surface area contributed by atoms with Crippen LogP contribution in [0.3, 0.4) is 0 Å². The maximum atomic E-state index is 13.0. The summed E-state index contributed by atoms with van der Waals surface area (Å²) in [6.07, 6.45) is 0.0824. The monoisotopic (exact) mass is 447 g/mol. The normalized spacial score (nSPS) is 12.0. The Bertz CT molecular complexity index is 1230. The highest BCUT2D eigenvalue weighted by Crippen LogP contribution is 2.25. The number of aryl methyl sites for hydroxylation is 2. The van der Waals surface area contributed by atoms with E-state index >= 15 is 0 Å². The Morgan fingerprint density at radius 2 is 1.62 bits per heavy atom. The minimum absolute atomic E-state index is 0.0375. The zero-order valence-electron chi connectivity index (χ0n) is 18.0. The lowest BCUT2D eigenvalue weighted by Crippen LogP contribution is -2.29. The first-order valence-corrected chi connectivity index (χ1v) is 11.7. The van der Waals surface area contributed by atoms with Crippen LogP contribution in [0.2, 0.25) is 0 Å². The second-order valence-electron chi connectivity index (χ2n) is 7.49. The highest BCUT2D eigenvalue weighted by molar-refractivity contribution is 7.89. The van der Waals surface area contributed by atoms with Gasteiger partial charge in [0, 0.05) is 18.5 Å². The lowest BCUT2D eigenvalue weighted by molar-refractivity contribution is 0.0943. The number of nitrogens with one attached hydrogen (secondary N) is 2. The van der Waals surface area contributed by atoms with Crippen molar-refractivity contribution in [2.24, 2.45) is 0 Å². The number of hydrogen-bond acceptors (Lipinski definition) is 4. The Labute approximate surface area is 189 Å². The van der Waals surface area contributed by atoms with Gasteiger partial charge in [-0.2, -0.15) is 5.26 Å². The SMILES string of the molecule is Cc1ccc([C@@H](NC(=O)c2ccc(S(=O)(=O)NCCC#N)cc2)c2ccccc2)cc1C. The lowest BCUT2D eigenvalue weighted by Gasteiger charge is -2.21. The molecule has 0 bridgehead atoms. The molecule has 0 saturated carbocycles. The third kappa shape index (κ3) is 5.61. The molecule has 0 fully saturated rings. The van der Waals surface area contributed by atoms with Crippen LogP contribution in [0.25, 0.3) is 0 Å². The predicted octanol–water partition coefficient (Wildman–Crippen LogP) is 4.01. The molecule has 0 spiro atoms. The zero-order chi connectivity index (χ0) is 23.1. The molecule has 0 heterocycles. The summed E-state index contributed by atoms with van der Waals surface area (Å²) in [5.41, 5.74) is 4.58. The first kappa shape index (κ1) is 23.2. The molecule has 0 saturated heterocycles. The molecule has 0 aromatic heterocycles. The van der Waals surface area contributed by atoms with Crippen molar-refractivity contribution in [2.45, 2.75) is 31.2 Å². The topological polar surface area (TPSA) is 99.1 Å². The zero-order valence-corrected chi connectivity index (χ0v) is 18.8. The number of hydrogen-bond donors (Lipinski definition) is 2. The van der Waals surface area contributed by atoms with Gasteiger partial charge in [-0.25, -0.2) is 13.1 Å². The molecule has 164 valence electrons. The van der Waals surface area contributed by atoms with Crippen LogP contribution < -0.4 is 10.0 Å². The molecule has 3 aromatic rings. The van der Waals surface area contributed by atoms with Gasteiger partial charge < -0.3 is 5.32 Å². The molecule has 6 nitrogen and oxygen atoms in total. The Hall–Kier alpha value is -3.47. The van der Waals surface area contributed by atoms with E-state index in [-0.39, 0.29) is 29.8 Å². The predicted molar refractivity (Wildman–Crippen MR) is 124 cm³/mol. The number of nitrogens with zero attached hydrogens (tertiary/aromatic N) is 1. The van der Waals surface area contributed by atoms with E-state index in [0.29, 0.717) is 5.56 Å². The fraction of sp³-hybridized carbons (Fsp3) is 0.200. The first-order chi connectivity index (χ1) is 15.3.